The molecule has 0 atom stereocenters. The van der Waals surface area contributed by atoms with Crippen molar-refractivity contribution in [3.63, 3.8) is 0 Å². The van der Waals surface area contributed by atoms with Crippen LogP contribution in [-0.4, -0.2) is 11.2 Å². The Morgan fingerprint density at radius 1 is 1.12 bits per heavy atom. The van der Waals surface area contributed by atoms with Crippen molar-refractivity contribution in [3.05, 3.63) is 70.1 Å². The van der Waals surface area contributed by atoms with Gasteiger partial charge >= 0.3 is 0 Å². The van der Waals surface area contributed by atoms with E-state index >= 15 is 0 Å². The van der Waals surface area contributed by atoms with E-state index in [1.165, 1.54) is 22.3 Å². The monoisotopic (exact) mass is 335 g/mol. The summed E-state index contributed by atoms with van der Waals surface area (Å²) < 4.78 is 0. The lowest BCUT2D eigenvalue weighted by Crippen LogP contribution is -1.91. The molecular weight excluding hydrogens is 314 g/mol. The number of rotatable bonds is 5. The summed E-state index contributed by atoms with van der Waals surface area (Å²) in [6, 6.07) is 14.8. The molecule has 24 heavy (non-hydrogen) atoms. The first-order valence-corrected chi connectivity index (χ1v) is 8.95. The molecule has 0 unspecified atom stereocenters. The molecule has 0 fully saturated rings. The van der Waals surface area contributed by atoms with E-state index < -0.39 is 0 Å². The summed E-state index contributed by atoms with van der Waals surface area (Å²) in [6.45, 7) is 6.37. The number of aromatic nitrogens is 1. The molecule has 0 aliphatic carbocycles. The quantitative estimate of drug-likeness (QED) is 0.498. The van der Waals surface area contributed by atoms with Gasteiger partial charge in [-0.1, -0.05) is 55.0 Å². The number of nitrogens with zero attached hydrogens (tertiary/aromatic N) is 2. The highest BCUT2D eigenvalue weighted by molar-refractivity contribution is 7.14. The molecule has 0 saturated carbocycles. The van der Waals surface area contributed by atoms with Gasteiger partial charge in [-0.05, 0) is 37.0 Å². The Balaban J connectivity index is 1.68. The smallest absolute Gasteiger partial charge is 0.203 e. The fourth-order valence-electron chi connectivity index (χ4n) is 2.55. The Bertz CT molecular complexity index is 848. The van der Waals surface area contributed by atoms with E-state index in [2.05, 4.69) is 84.1 Å². The minimum Gasteiger partial charge on any atom is -0.253 e. The predicted octanol–water partition coefficient (Wildman–Crippen LogP) is 5.44. The Morgan fingerprint density at radius 3 is 2.62 bits per heavy atom. The summed E-state index contributed by atoms with van der Waals surface area (Å²) in [7, 11) is 0. The van der Waals surface area contributed by atoms with E-state index in [-0.39, 0.29) is 0 Å². The highest BCUT2D eigenvalue weighted by Crippen LogP contribution is 2.27. The van der Waals surface area contributed by atoms with E-state index in [0.717, 1.165) is 22.8 Å². The minimum absolute atomic E-state index is 0.798. The van der Waals surface area contributed by atoms with Crippen molar-refractivity contribution in [2.24, 2.45) is 5.10 Å². The van der Waals surface area contributed by atoms with Gasteiger partial charge in [-0.2, -0.15) is 5.10 Å². The van der Waals surface area contributed by atoms with Crippen molar-refractivity contribution in [3.8, 4) is 11.3 Å². The first-order valence-electron chi connectivity index (χ1n) is 8.07. The molecule has 0 spiro atoms. The molecule has 3 aromatic rings. The summed E-state index contributed by atoms with van der Waals surface area (Å²) in [6.07, 6.45) is 2.87. The first-order chi connectivity index (χ1) is 11.7. The lowest BCUT2D eigenvalue weighted by atomic mass is 10.0. The number of hydrazone groups is 1. The van der Waals surface area contributed by atoms with E-state index in [1.807, 2.05) is 6.21 Å². The van der Waals surface area contributed by atoms with Crippen molar-refractivity contribution < 1.29 is 0 Å². The van der Waals surface area contributed by atoms with Crippen LogP contribution in [0.1, 0.15) is 29.2 Å². The van der Waals surface area contributed by atoms with Gasteiger partial charge in [0.2, 0.25) is 5.13 Å². The van der Waals surface area contributed by atoms with Gasteiger partial charge < -0.3 is 0 Å². The number of hydrogen-bond acceptors (Lipinski definition) is 4. The maximum absolute atomic E-state index is 4.62. The van der Waals surface area contributed by atoms with Gasteiger partial charge in [0.05, 0.1) is 11.9 Å². The predicted molar refractivity (Wildman–Crippen MR) is 104 cm³/mol. The third kappa shape index (κ3) is 3.89. The Hall–Kier alpha value is -2.46. The average Bonchev–Trinajstić information content (AvgIpc) is 3.04. The van der Waals surface area contributed by atoms with Crippen LogP contribution in [0, 0.1) is 13.8 Å². The number of thiazole rings is 1. The zero-order valence-electron chi connectivity index (χ0n) is 14.2. The van der Waals surface area contributed by atoms with Gasteiger partial charge in [0.25, 0.3) is 0 Å². The minimum atomic E-state index is 0.798. The summed E-state index contributed by atoms with van der Waals surface area (Å²) in [4.78, 5) is 4.62. The highest BCUT2D eigenvalue weighted by Gasteiger charge is 2.06. The van der Waals surface area contributed by atoms with Crippen molar-refractivity contribution in [2.45, 2.75) is 27.2 Å². The van der Waals surface area contributed by atoms with Crippen LogP contribution >= 0.6 is 11.3 Å². The molecule has 0 aliphatic rings. The second kappa shape index (κ2) is 7.41. The molecule has 122 valence electrons. The Morgan fingerprint density at radius 2 is 1.92 bits per heavy atom. The first kappa shape index (κ1) is 16.4. The van der Waals surface area contributed by atoms with Crippen LogP contribution in [0.15, 0.2) is 52.9 Å². The van der Waals surface area contributed by atoms with Crippen molar-refractivity contribution in [2.75, 3.05) is 5.43 Å². The molecule has 1 N–H and O–H groups in total. The maximum Gasteiger partial charge on any atom is 0.203 e. The number of aryl methyl sites for hydroxylation is 3. The highest BCUT2D eigenvalue weighted by atomic mass is 32.1. The SMILES string of the molecule is CCc1ccc(/C=N\Nc2nc(-c3ccc(C)cc3C)cs2)cc1. The second-order valence-corrected chi connectivity index (χ2v) is 6.68. The number of hydrogen-bond donors (Lipinski definition) is 1. The standard InChI is InChI=1S/C20H21N3S/c1-4-16-6-8-17(9-7-16)12-21-23-20-22-19(13-24-20)18-10-5-14(2)11-15(18)3/h5-13H,4H2,1-3H3,(H,22,23)/b21-12-. The molecule has 0 aliphatic heterocycles. The van der Waals surface area contributed by atoms with Crippen LogP contribution in [0.25, 0.3) is 11.3 Å². The van der Waals surface area contributed by atoms with Crippen molar-refractivity contribution >= 4 is 22.7 Å². The van der Waals surface area contributed by atoms with Gasteiger partial charge in [0.15, 0.2) is 0 Å². The topological polar surface area (TPSA) is 37.3 Å². The van der Waals surface area contributed by atoms with Crippen LogP contribution in [0.2, 0.25) is 0 Å². The zero-order valence-corrected chi connectivity index (χ0v) is 15.0. The average molecular weight is 335 g/mol. The van der Waals surface area contributed by atoms with Crippen LogP contribution in [-0.2, 0) is 6.42 Å². The van der Waals surface area contributed by atoms with Gasteiger partial charge in [-0.25, -0.2) is 4.98 Å². The molecule has 0 saturated heterocycles. The molecule has 0 bridgehead atoms. The second-order valence-electron chi connectivity index (χ2n) is 5.82. The molecular formula is C20H21N3S. The summed E-state index contributed by atoms with van der Waals surface area (Å²) >= 11 is 1.56. The third-order valence-electron chi connectivity index (χ3n) is 3.92. The summed E-state index contributed by atoms with van der Waals surface area (Å²) in [5.41, 5.74) is 10.1. The molecule has 3 nitrogen and oxygen atoms in total. The van der Waals surface area contributed by atoms with Crippen molar-refractivity contribution in [1.82, 2.24) is 4.98 Å². The molecule has 4 heteroatoms. The maximum atomic E-state index is 4.62. The van der Waals surface area contributed by atoms with Crippen LogP contribution in [0.3, 0.4) is 0 Å². The van der Waals surface area contributed by atoms with Gasteiger partial charge in [0, 0.05) is 10.9 Å². The largest absolute Gasteiger partial charge is 0.253 e. The van der Waals surface area contributed by atoms with E-state index in [0.29, 0.717) is 0 Å². The number of anilines is 1. The van der Waals surface area contributed by atoms with Crippen molar-refractivity contribution in [1.29, 1.82) is 0 Å². The molecule has 1 heterocycles. The third-order valence-corrected chi connectivity index (χ3v) is 4.67. The number of nitrogens with one attached hydrogen (secondary N) is 1. The van der Waals surface area contributed by atoms with E-state index in [4.69, 9.17) is 0 Å². The lowest BCUT2D eigenvalue weighted by Gasteiger charge is -2.03. The van der Waals surface area contributed by atoms with Crippen LogP contribution in [0.5, 0.6) is 0 Å². The van der Waals surface area contributed by atoms with E-state index in [1.54, 1.807) is 11.3 Å². The summed E-state index contributed by atoms with van der Waals surface area (Å²) in [5.74, 6) is 0. The molecule has 1 aromatic heterocycles. The zero-order chi connectivity index (χ0) is 16.9. The fraction of sp³-hybridized carbons (Fsp3) is 0.200. The fourth-order valence-corrected chi connectivity index (χ4v) is 3.21. The molecule has 0 amide bonds. The number of benzene rings is 2. The van der Waals surface area contributed by atoms with Gasteiger partial charge in [0.1, 0.15) is 0 Å². The molecule has 3 rings (SSSR count). The Kier molecular flexibility index (Phi) is 5.06. The molecule has 0 radical (unpaired) electrons. The van der Waals surface area contributed by atoms with Gasteiger partial charge in [-0.3, -0.25) is 5.43 Å². The normalized spacial score (nSPS) is 11.1. The van der Waals surface area contributed by atoms with Gasteiger partial charge in [-0.15, -0.1) is 11.3 Å². The van der Waals surface area contributed by atoms with E-state index in [9.17, 15) is 0 Å². The van der Waals surface area contributed by atoms with Crippen LogP contribution < -0.4 is 5.43 Å². The molecule has 2 aromatic carbocycles. The Labute approximate surface area is 147 Å². The lowest BCUT2D eigenvalue weighted by molar-refractivity contribution is 1.14. The van der Waals surface area contributed by atoms with Crippen LogP contribution in [0.4, 0.5) is 5.13 Å². The summed E-state index contributed by atoms with van der Waals surface area (Å²) in [5, 5.41) is 7.14.